The molecular weight excluding hydrogens is 312 g/mol. The molecule has 0 bridgehead atoms. The number of hydrogen-bond donors (Lipinski definition) is 1. The van der Waals surface area contributed by atoms with Gasteiger partial charge in [0.25, 0.3) is 5.91 Å². The van der Waals surface area contributed by atoms with Gasteiger partial charge in [0.1, 0.15) is 11.5 Å². The fraction of sp³-hybridized carbons (Fsp3) is 0.150. The van der Waals surface area contributed by atoms with Gasteiger partial charge in [-0.05, 0) is 48.7 Å². The molecule has 0 atom stereocenters. The molecule has 3 heterocycles. The number of nitrogens with one attached hydrogen (secondary N) is 1. The number of anilines is 3. The van der Waals surface area contributed by atoms with E-state index in [1.165, 1.54) is 11.3 Å². The van der Waals surface area contributed by atoms with Crippen molar-refractivity contribution in [1.29, 1.82) is 0 Å². The Hall–Kier alpha value is -3.21. The number of aryl methyl sites for hydroxylation is 1. The van der Waals surface area contributed by atoms with Gasteiger partial charge >= 0.3 is 0 Å². The van der Waals surface area contributed by atoms with E-state index in [1.54, 1.807) is 30.6 Å². The normalized spacial score (nSPS) is 13.2. The van der Waals surface area contributed by atoms with E-state index in [9.17, 15) is 4.79 Å². The average molecular weight is 330 g/mol. The van der Waals surface area contributed by atoms with Gasteiger partial charge in [0.15, 0.2) is 0 Å². The first-order chi connectivity index (χ1) is 12.3. The Morgan fingerprint density at radius 1 is 1.04 bits per heavy atom. The lowest BCUT2D eigenvalue weighted by atomic mass is 10.0. The highest BCUT2D eigenvalue weighted by molar-refractivity contribution is 6.03. The summed E-state index contributed by atoms with van der Waals surface area (Å²) in [6, 6.07) is 17.5. The van der Waals surface area contributed by atoms with Crippen LogP contribution in [-0.2, 0) is 6.42 Å². The van der Waals surface area contributed by atoms with E-state index >= 15 is 0 Å². The molecular formula is C20H18N4O. The van der Waals surface area contributed by atoms with Crippen molar-refractivity contribution in [2.45, 2.75) is 12.8 Å². The molecule has 0 fully saturated rings. The zero-order chi connectivity index (χ0) is 17.1. The molecule has 5 nitrogen and oxygen atoms in total. The van der Waals surface area contributed by atoms with Crippen molar-refractivity contribution < 1.29 is 4.79 Å². The molecule has 0 saturated carbocycles. The summed E-state index contributed by atoms with van der Waals surface area (Å²) >= 11 is 0. The molecule has 2 aromatic heterocycles. The maximum absolute atomic E-state index is 12.5. The van der Waals surface area contributed by atoms with Crippen LogP contribution in [0.15, 0.2) is 67.0 Å². The number of fused-ring (bicyclic) bond motifs is 1. The van der Waals surface area contributed by atoms with Crippen LogP contribution in [0.25, 0.3) is 0 Å². The van der Waals surface area contributed by atoms with Crippen LogP contribution in [0.3, 0.4) is 0 Å². The quantitative estimate of drug-likeness (QED) is 0.793. The summed E-state index contributed by atoms with van der Waals surface area (Å²) in [7, 11) is 0. The van der Waals surface area contributed by atoms with Crippen molar-refractivity contribution in [1.82, 2.24) is 9.97 Å². The Morgan fingerprint density at radius 2 is 1.96 bits per heavy atom. The fourth-order valence-corrected chi connectivity index (χ4v) is 3.10. The molecule has 1 aromatic carbocycles. The van der Waals surface area contributed by atoms with Crippen LogP contribution in [-0.4, -0.2) is 22.4 Å². The van der Waals surface area contributed by atoms with E-state index in [-0.39, 0.29) is 5.91 Å². The first-order valence-corrected chi connectivity index (χ1v) is 8.35. The van der Waals surface area contributed by atoms with Crippen molar-refractivity contribution in [3.8, 4) is 0 Å². The average Bonchev–Trinajstić information content (AvgIpc) is 2.68. The number of carbonyl (C=O) groups excluding carboxylic acids is 1. The Labute approximate surface area is 146 Å². The first-order valence-electron chi connectivity index (χ1n) is 8.35. The molecule has 1 aliphatic rings. The maximum Gasteiger partial charge on any atom is 0.274 e. The third-order valence-electron chi connectivity index (χ3n) is 4.27. The highest BCUT2D eigenvalue weighted by Crippen LogP contribution is 2.32. The summed E-state index contributed by atoms with van der Waals surface area (Å²) < 4.78 is 0. The molecule has 124 valence electrons. The second-order valence-corrected chi connectivity index (χ2v) is 5.96. The Morgan fingerprint density at radius 3 is 2.84 bits per heavy atom. The lowest BCUT2D eigenvalue weighted by molar-refractivity contribution is 0.102. The molecule has 4 rings (SSSR count). The molecule has 25 heavy (non-hydrogen) atoms. The lowest BCUT2D eigenvalue weighted by Crippen LogP contribution is -2.26. The molecule has 0 spiro atoms. The topological polar surface area (TPSA) is 58.1 Å². The van der Waals surface area contributed by atoms with Gasteiger partial charge in [0, 0.05) is 18.4 Å². The summed E-state index contributed by atoms with van der Waals surface area (Å²) in [6.45, 7) is 0.900. The zero-order valence-corrected chi connectivity index (χ0v) is 13.7. The smallest absolute Gasteiger partial charge is 0.274 e. The van der Waals surface area contributed by atoms with Gasteiger partial charge in [-0.2, -0.15) is 0 Å². The summed E-state index contributed by atoms with van der Waals surface area (Å²) in [5, 5.41) is 2.83. The van der Waals surface area contributed by atoms with Gasteiger partial charge < -0.3 is 10.2 Å². The highest BCUT2D eigenvalue weighted by atomic mass is 16.1. The van der Waals surface area contributed by atoms with Gasteiger partial charge in [-0.25, -0.2) is 4.98 Å². The van der Waals surface area contributed by atoms with E-state index in [4.69, 9.17) is 0 Å². The zero-order valence-electron chi connectivity index (χ0n) is 13.7. The molecule has 0 aliphatic carbocycles. The SMILES string of the molecule is O=C(Nc1cccnc1)c1cccc(N2CCCc3ccccc32)n1. The molecule has 3 aromatic rings. The van der Waals surface area contributed by atoms with Crippen molar-refractivity contribution in [3.63, 3.8) is 0 Å². The van der Waals surface area contributed by atoms with Crippen molar-refractivity contribution in [2.75, 3.05) is 16.8 Å². The fourth-order valence-electron chi connectivity index (χ4n) is 3.10. The Kier molecular flexibility index (Phi) is 4.12. The largest absolute Gasteiger partial charge is 0.326 e. The van der Waals surface area contributed by atoms with Gasteiger partial charge in [0.05, 0.1) is 11.9 Å². The number of hydrogen-bond acceptors (Lipinski definition) is 4. The number of para-hydroxylation sites is 1. The third kappa shape index (κ3) is 3.21. The highest BCUT2D eigenvalue weighted by Gasteiger charge is 2.19. The van der Waals surface area contributed by atoms with Crippen LogP contribution in [0.1, 0.15) is 22.5 Å². The molecule has 1 amide bonds. The summed E-state index contributed by atoms with van der Waals surface area (Å²) in [4.78, 5) is 23.2. The van der Waals surface area contributed by atoms with Crippen molar-refractivity contribution in [2.24, 2.45) is 0 Å². The lowest BCUT2D eigenvalue weighted by Gasteiger charge is -2.30. The van der Waals surface area contributed by atoms with Gasteiger partial charge in [0.2, 0.25) is 0 Å². The number of pyridine rings is 2. The number of amides is 1. The predicted octanol–water partition coefficient (Wildman–Crippen LogP) is 3.81. The first kappa shape index (κ1) is 15.3. The third-order valence-corrected chi connectivity index (χ3v) is 4.27. The molecule has 0 unspecified atom stereocenters. The number of rotatable bonds is 3. The number of nitrogens with zero attached hydrogens (tertiary/aromatic N) is 3. The number of benzene rings is 1. The minimum Gasteiger partial charge on any atom is -0.326 e. The Balaban J connectivity index is 1.61. The van der Waals surface area contributed by atoms with Crippen LogP contribution in [0.4, 0.5) is 17.2 Å². The summed E-state index contributed by atoms with van der Waals surface area (Å²) in [6.07, 6.45) is 5.43. The summed E-state index contributed by atoms with van der Waals surface area (Å²) in [5.41, 5.74) is 3.54. The minimum absolute atomic E-state index is 0.236. The molecule has 0 saturated heterocycles. The number of aromatic nitrogens is 2. The van der Waals surface area contributed by atoms with Gasteiger partial charge in [-0.3, -0.25) is 9.78 Å². The van der Waals surface area contributed by atoms with Crippen LogP contribution in [0.5, 0.6) is 0 Å². The Bertz CT molecular complexity index is 895. The van der Waals surface area contributed by atoms with Gasteiger partial charge in [-0.1, -0.05) is 24.3 Å². The van der Waals surface area contributed by atoms with E-state index < -0.39 is 0 Å². The second kappa shape index (κ2) is 6.73. The van der Waals surface area contributed by atoms with Crippen LogP contribution >= 0.6 is 0 Å². The van der Waals surface area contributed by atoms with E-state index in [0.717, 1.165) is 25.2 Å². The van der Waals surface area contributed by atoms with E-state index in [1.807, 2.05) is 18.2 Å². The second-order valence-electron chi connectivity index (χ2n) is 5.96. The molecule has 5 heteroatoms. The molecule has 1 N–H and O–H groups in total. The molecule has 0 radical (unpaired) electrons. The predicted molar refractivity (Wildman–Crippen MR) is 98.2 cm³/mol. The van der Waals surface area contributed by atoms with Crippen molar-refractivity contribution in [3.05, 3.63) is 78.2 Å². The van der Waals surface area contributed by atoms with Gasteiger partial charge in [-0.15, -0.1) is 0 Å². The summed E-state index contributed by atoms with van der Waals surface area (Å²) in [5.74, 6) is 0.561. The molecule has 1 aliphatic heterocycles. The van der Waals surface area contributed by atoms with Crippen LogP contribution in [0, 0.1) is 0 Å². The standard InChI is InChI=1S/C20H18N4O/c25-20(22-16-8-4-12-21-14-16)17-9-3-11-19(23-17)24-13-5-7-15-6-1-2-10-18(15)24/h1-4,6,8-12,14H,5,7,13H2,(H,22,25). The van der Waals surface area contributed by atoms with E-state index in [0.29, 0.717) is 11.4 Å². The van der Waals surface area contributed by atoms with Crippen LogP contribution < -0.4 is 10.2 Å². The van der Waals surface area contributed by atoms with Crippen molar-refractivity contribution >= 4 is 23.1 Å². The monoisotopic (exact) mass is 330 g/mol. The minimum atomic E-state index is -0.236. The number of carbonyl (C=O) groups is 1. The van der Waals surface area contributed by atoms with E-state index in [2.05, 4.69) is 38.4 Å². The van der Waals surface area contributed by atoms with Crippen LogP contribution in [0.2, 0.25) is 0 Å². The maximum atomic E-state index is 12.5.